The number of amides is 1. The summed E-state index contributed by atoms with van der Waals surface area (Å²) in [6.45, 7) is 5.38. The summed E-state index contributed by atoms with van der Waals surface area (Å²) in [5.74, 6) is -1.99. The van der Waals surface area contributed by atoms with Crippen LogP contribution in [0.15, 0.2) is 42.6 Å². The van der Waals surface area contributed by atoms with Crippen LogP contribution in [0.1, 0.15) is 27.2 Å². The highest BCUT2D eigenvalue weighted by atomic mass is 16.4. The fourth-order valence-electron chi connectivity index (χ4n) is 2.89. The number of carbonyl (C=O) groups is 2. The van der Waals surface area contributed by atoms with Crippen LogP contribution >= 0.6 is 0 Å². The second-order valence-electron chi connectivity index (χ2n) is 6.30. The number of para-hydroxylation sites is 1. The zero-order valence-electron chi connectivity index (χ0n) is 14.1. The van der Waals surface area contributed by atoms with Gasteiger partial charge in [0, 0.05) is 30.6 Å². The Kier molecular flexibility index (Phi) is 5.73. The standard InChI is InChI=1S/C18H23N3O3/c1-12(2)17(18(23)24)13(3)11-16(22)19-15-9-10-21(20-15)14-7-5-4-6-8-14/h4-10,12-13,17H,11H2,1-3H3,(H,23,24)(H,19,20,22)/p-1. The van der Waals surface area contributed by atoms with Gasteiger partial charge in [-0.05, 0) is 24.0 Å². The Morgan fingerprint density at radius 3 is 2.42 bits per heavy atom. The molecule has 1 amide bonds. The number of carboxylic acids is 1. The summed E-state index contributed by atoms with van der Waals surface area (Å²) in [6.07, 6.45) is 1.86. The number of hydrogen-bond acceptors (Lipinski definition) is 4. The van der Waals surface area contributed by atoms with Crippen molar-refractivity contribution in [1.29, 1.82) is 0 Å². The van der Waals surface area contributed by atoms with Gasteiger partial charge in [-0.1, -0.05) is 39.0 Å². The summed E-state index contributed by atoms with van der Waals surface area (Å²) in [6, 6.07) is 11.3. The lowest BCUT2D eigenvalue weighted by Crippen LogP contribution is -2.39. The number of nitrogens with one attached hydrogen (secondary N) is 1. The summed E-state index contributed by atoms with van der Waals surface area (Å²) in [5.41, 5.74) is 0.892. The van der Waals surface area contributed by atoms with Gasteiger partial charge in [-0.3, -0.25) is 4.79 Å². The summed E-state index contributed by atoms with van der Waals surface area (Å²) >= 11 is 0. The van der Waals surface area contributed by atoms with E-state index in [1.165, 1.54) is 0 Å². The van der Waals surface area contributed by atoms with Gasteiger partial charge in [0.05, 0.1) is 5.69 Å². The molecule has 2 aromatic rings. The molecule has 1 N–H and O–H groups in total. The van der Waals surface area contributed by atoms with Crippen molar-refractivity contribution in [2.75, 3.05) is 5.32 Å². The van der Waals surface area contributed by atoms with Crippen molar-refractivity contribution in [3.8, 4) is 5.69 Å². The van der Waals surface area contributed by atoms with Crippen molar-refractivity contribution < 1.29 is 14.7 Å². The molecule has 0 radical (unpaired) electrons. The number of benzene rings is 1. The number of anilines is 1. The second-order valence-corrected chi connectivity index (χ2v) is 6.30. The first-order valence-corrected chi connectivity index (χ1v) is 8.00. The van der Waals surface area contributed by atoms with Gasteiger partial charge in [-0.2, -0.15) is 5.10 Å². The highest BCUT2D eigenvalue weighted by Crippen LogP contribution is 2.23. The number of aromatic nitrogens is 2. The molecule has 6 nitrogen and oxygen atoms in total. The van der Waals surface area contributed by atoms with Crippen molar-refractivity contribution in [2.24, 2.45) is 17.8 Å². The van der Waals surface area contributed by atoms with E-state index in [4.69, 9.17) is 0 Å². The van der Waals surface area contributed by atoms with Crippen LogP contribution in [-0.4, -0.2) is 21.7 Å². The molecule has 0 aliphatic carbocycles. The first kappa shape index (κ1) is 17.7. The van der Waals surface area contributed by atoms with Crippen molar-refractivity contribution in [1.82, 2.24) is 9.78 Å². The molecule has 2 unspecified atom stereocenters. The minimum absolute atomic E-state index is 0.0879. The molecule has 0 bridgehead atoms. The molecule has 24 heavy (non-hydrogen) atoms. The van der Waals surface area contributed by atoms with E-state index in [2.05, 4.69) is 10.4 Å². The lowest BCUT2D eigenvalue weighted by atomic mass is 9.82. The predicted octanol–water partition coefficient (Wildman–Crippen LogP) is 1.86. The monoisotopic (exact) mass is 328 g/mol. The molecule has 0 aliphatic heterocycles. The quantitative estimate of drug-likeness (QED) is 0.840. The van der Waals surface area contributed by atoms with E-state index in [1.54, 1.807) is 23.9 Å². The Bertz CT molecular complexity index is 695. The molecule has 0 saturated heterocycles. The van der Waals surface area contributed by atoms with Crippen LogP contribution in [0, 0.1) is 17.8 Å². The van der Waals surface area contributed by atoms with Crippen LogP contribution in [-0.2, 0) is 9.59 Å². The topological polar surface area (TPSA) is 87.0 Å². The third kappa shape index (κ3) is 4.44. The van der Waals surface area contributed by atoms with Crippen molar-refractivity contribution in [2.45, 2.75) is 27.2 Å². The predicted molar refractivity (Wildman–Crippen MR) is 89.3 cm³/mol. The third-order valence-corrected chi connectivity index (χ3v) is 3.99. The van der Waals surface area contributed by atoms with Crippen LogP contribution in [0.2, 0.25) is 0 Å². The maximum absolute atomic E-state index is 12.1. The molecule has 0 spiro atoms. The molecule has 1 aromatic heterocycles. The molecule has 6 heteroatoms. The number of rotatable bonds is 7. The van der Waals surface area contributed by atoms with Gasteiger partial charge in [0.1, 0.15) is 0 Å². The average Bonchev–Trinajstić information content (AvgIpc) is 2.95. The highest BCUT2D eigenvalue weighted by Gasteiger charge is 2.24. The molecule has 0 aliphatic rings. The fraction of sp³-hybridized carbons (Fsp3) is 0.389. The molecule has 0 saturated carbocycles. The van der Waals surface area contributed by atoms with Gasteiger partial charge in [0.25, 0.3) is 0 Å². The van der Waals surface area contributed by atoms with Crippen molar-refractivity contribution >= 4 is 17.7 Å². The van der Waals surface area contributed by atoms with Gasteiger partial charge < -0.3 is 15.2 Å². The number of hydrogen-bond donors (Lipinski definition) is 1. The summed E-state index contributed by atoms with van der Waals surface area (Å²) < 4.78 is 1.66. The highest BCUT2D eigenvalue weighted by molar-refractivity contribution is 5.90. The van der Waals surface area contributed by atoms with Crippen LogP contribution in [0.5, 0.6) is 0 Å². The Balaban J connectivity index is 1.98. The number of aliphatic carboxylic acids is 1. The first-order chi connectivity index (χ1) is 11.4. The maximum atomic E-state index is 12.1. The Morgan fingerprint density at radius 2 is 1.83 bits per heavy atom. The molecule has 2 rings (SSSR count). The van der Waals surface area contributed by atoms with E-state index >= 15 is 0 Å². The van der Waals surface area contributed by atoms with E-state index in [-0.39, 0.29) is 24.2 Å². The van der Waals surface area contributed by atoms with Crippen LogP contribution < -0.4 is 10.4 Å². The van der Waals surface area contributed by atoms with Gasteiger partial charge >= 0.3 is 0 Å². The van der Waals surface area contributed by atoms with Gasteiger partial charge in [-0.15, -0.1) is 0 Å². The Labute approximate surface area is 141 Å². The number of nitrogens with zero attached hydrogens (tertiary/aromatic N) is 2. The zero-order chi connectivity index (χ0) is 17.7. The molecule has 0 fully saturated rings. The molecule has 128 valence electrons. The smallest absolute Gasteiger partial charge is 0.225 e. The van der Waals surface area contributed by atoms with E-state index in [0.717, 1.165) is 5.69 Å². The first-order valence-electron chi connectivity index (χ1n) is 8.00. The Hall–Kier alpha value is -2.63. The number of carbonyl (C=O) groups excluding carboxylic acids is 2. The van der Waals surface area contributed by atoms with E-state index in [1.807, 2.05) is 44.2 Å². The summed E-state index contributed by atoms with van der Waals surface area (Å²) in [7, 11) is 0. The van der Waals surface area contributed by atoms with Crippen LogP contribution in [0.4, 0.5) is 5.82 Å². The van der Waals surface area contributed by atoms with Gasteiger partial charge in [0.15, 0.2) is 5.82 Å². The lowest BCUT2D eigenvalue weighted by Gasteiger charge is -2.27. The van der Waals surface area contributed by atoms with E-state index in [9.17, 15) is 14.7 Å². The number of carboxylic acid groups (broad SMARTS) is 1. The van der Waals surface area contributed by atoms with Gasteiger partial charge in [-0.25, -0.2) is 4.68 Å². The van der Waals surface area contributed by atoms with Crippen LogP contribution in [0.3, 0.4) is 0 Å². The molecular formula is C18H22N3O3-. The van der Waals surface area contributed by atoms with E-state index in [0.29, 0.717) is 5.82 Å². The molecule has 2 atom stereocenters. The van der Waals surface area contributed by atoms with Crippen molar-refractivity contribution in [3.63, 3.8) is 0 Å². The van der Waals surface area contributed by atoms with Crippen LogP contribution in [0.25, 0.3) is 5.69 Å². The largest absolute Gasteiger partial charge is 0.550 e. The molecular weight excluding hydrogens is 306 g/mol. The van der Waals surface area contributed by atoms with Crippen molar-refractivity contribution in [3.05, 3.63) is 42.6 Å². The zero-order valence-corrected chi connectivity index (χ0v) is 14.1. The van der Waals surface area contributed by atoms with Gasteiger partial charge in [0.2, 0.25) is 5.91 Å². The fourth-order valence-corrected chi connectivity index (χ4v) is 2.89. The SMILES string of the molecule is CC(C)C(C(=O)[O-])C(C)CC(=O)Nc1ccn(-c2ccccc2)n1. The molecule has 1 aromatic carbocycles. The molecule has 1 heterocycles. The summed E-state index contributed by atoms with van der Waals surface area (Å²) in [5, 5.41) is 18.2. The average molecular weight is 328 g/mol. The minimum atomic E-state index is -1.11. The lowest BCUT2D eigenvalue weighted by molar-refractivity contribution is -0.314. The van der Waals surface area contributed by atoms with E-state index < -0.39 is 11.9 Å². The summed E-state index contributed by atoms with van der Waals surface area (Å²) in [4.78, 5) is 23.4. The third-order valence-electron chi connectivity index (χ3n) is 3.99. The second kappa shape index (κ2) is 7.77. The normalized spacial score (nSPS) is 13.5. The minimum Gasteiger partial charge on any atom is -0.550 e. The maximum Gasteiger partial charge on any atom is 0.225 e. The Morgan fingerprint density at radius 1 is 1.17 bits per heavy atom.